The number of nitrogens with one attached hydrogen (secondary N) is 1. The molecule has 0 spiro atoms. The smallest absolute Gasteiger partial charge is 0.269 e. The van der Waals surface area contributed by atoms with Crippen LogP contribution < -0.4 is 10.5 Å². The Kier molecular flexibility index (Phi) is 4.52. The van der Waals surface area contributed by atoms with Gasteiger partial charge in [0.05, 0.1) is 16.3 Å². The summed E-state index contributed by atoms with van der Waals surface area (Å²) in [5.74, 6) is -0.655. The number of benzene rings is 2. The Morgan fingerprint density at radius 3 is 2.50 bits per heavy atom. The van der Waals surface area contributed by atoms with Crippen LogP contribution in [0, 0.1) is 13.8 Å². The Morgan fingerprint density at radius 1 is 1.12 bits per heavy atom. The standard InChI is InChI=1S/C18H18N4O3S/c1-12-7-8-17(13(2)11-12)26(24,25)21-14-5-3-4-6-16(14)22-10-9-15(20-22)18(19)23/h3-11,21H,1-2H3,(H2,19,23). The highest BCUT2D eigenvalue weighted by Gasteiger charge is 2.19. The molecule has 0 saturated heterocycles. The number of rotatable bonds is 5. The summed E-state index contributed by atoms with van der Waals surface area (Å²) in [6, 6.07) is 13.4. The summed E-state index contributed by atoms with van der Waals surface area (Å²) in [5, 5.41) is 4.08. The lowest BCUT2D eigenvalue weighted by Gasteiger charge is -2.14. The minimum Gasteiger partial charge on any atom is -0.364 e. The average molecular weight is 370 g/mol. The van der Waals surface area contributed by atoms with Crippen LogP contribution in [0.2, 0.25) is 0 Å². The molecule has 0 unspecified atom stereocenters. The first-order valence-corrected chi connectivity index (χ1v) is 9.31. The second-order valence-electron chi connectivity index (χ2n) is 5.90. The summed E-state index contributed by atoms with van der Waals surface area (Å²) in [5.41, 5.74) is 7.78. The Morgan fingerprint density at radius 2 is 1.85 bits per heavy atom. The van der Waals surface area contributed by atoms with Crippen LogP contribution in [-0.2, 0) is 10.0 Å². The number of aromatic nitrogens is 2. The van der Waals surface area contributed by atoms with E-state index in [2.05, 4.69) is 9.82 Å². The van der Waals surface area contributed by atoms with E-state index in [4.69, 9.17) is 5.73 Å². The summed E-state index contributed by atoms with van der Waals surface area (Å²) in [4.78, 5) is 11.4. The van der Waals surface area contributed by atoms with Gasteiger partial charge in [0.25, 0.3) is 15.9 Å². The molecule has 7 nitrogen and oxygen atoms in total. The van der Waals surface area contributed by atoms with Gasteiger partial charge in [0.1, 0.15) is 5.69 Å². The summed E-state index contributed by atoms with van der Waals surface area (Å²) in [7, 11) is -3.78. The molecule has 0 radical (unpaired) electrons. The van der Waals surface area contributed by atoms with E-state index in [0.717, 1.165) is 5.56 Å². The molecule has 1 aromatic heterocycles. The van der Waals surface area contributed by atoms with Gasteiger partial charge in [-0.25, -0.2) is 13.1 Å². The van der Waals surface area contributed by atoms with Crippen molar-refractivity contribution >= 4 is 21.6 Å². The summed E-state index contributed by atoms with van der Waals surface area (Å²) < 4.78 is 29.6. The first-order chi connectivity index (χ1) is 12.3. The SMILES string of the molecule is Cc1ccc(S(=O)(=O)Nc2ccccc2-n2ccc(C(N)=O)n2)c(C)c1. The van der Waals surface area contributed by atoms with Crippen LogP contribution in [0.1, 0.15) is 21.6 Å². The number of carbonyl (C=O) groups excluding carboxylic acids is 1. The van der Waals surface area contributed by atoms with Crippen molar-refractivity contribution in [3.63, 3.8) is 0 Å². The Labute approximate surface area is 151 Å². The molecule has 2 aromatic carbocycles. The molecule has 3 N–H and O–H groups in total. The summed E-state index contributed by atoms with van der Waals surface area (Å²) in [6.45, 7) is 3.65. The summed E-state index contributed by atoms with van der Waals surface area (Å²) >= 11 is 0. The molecule has 1 heterocycles. The van der Waals surface area contributed by atoms with Crippen molar-refractivity contribution < 1.29 is 13.2 Å². The zero-order valence-electron chi connectivity index (χ0n) is 14.3. The third kappa shape index (κ3) is 3.45. The fourth-order valence-electron chi connectivity index (χ4n) is 2.65. The molecular weight excluding hydrogens is 352 g/mol. The highest BCUT2D eigenvalue weighted by molar-refractivity contribution is 7.92. The maximum Gasteiger partial charge on any atom is 0.269 e. The van der Waals surface area contributed by atoms with Crippen molar-refractivity contribution in [2.24, 2.45) is 5.73 Å². The predicted octanol–water partition coefficient (Wildman–Crippen LogP) is 2.39. The highest BCUT2D eigenvalue weighted by Crippen LogP contribution is 2.25. The fraction of sp³-hybridized carbons (Fsp3) is 0.111. The molecule has 0 aliphatic carbocycles. The van der Waals surface area contributed by atoms with Gasteiger partial charge in [0.15, 0.2) is 0 Å². The van der Waals surface area contributed by atoms with E-state index in [1.54, 1.807) is 49.5 Å². The first kappa shape index (κ1) is 17.7. The number of aryl methyl sites for hydroxylation is 2. The Bertz CT molecular complexity index is 1090. The van der Waals surface area contributed by atoms with Gasteiger partial charge >= 0.3 is 0 Å². The lowest BCUT2D eigenvalue weighted by atomic mass is 10.2. The van der Waals surface area contributed by atoms with Crippen molar-refractivity contribution in [3.8, 4) is 5.69 Å². The van der Waals surface area contributed by atoms with Gasteiger partial charge in [-0.15, -0.1) is 0 Å². The number of primary amides is 1. The van der Waals surface area contributed by atoms with E-state index in [1.165, 1.54) is 10.7 Å². The number of nitrogens with zero attached hydrogens (tertiary/aromatic N) is 2. The van der Waals surface area contributed by atoms with Crippen molar-refractivity contribution in [1.29, 1.82) is 0 Å². The number of para-hydroxylation sites is 2. The van der Waals surface area contributed by atoms with Crippen LogP contribution in [0.3, 0.4) is 0 Å². The largest absolute Gasteiger partial charge is 0.364 e. The number of carbonyl (C=O) groups is 1. The first-order valence-electron chi connectivity index (χ1n) is 7.83. The maximum absolute atomic E-state index is 12.8. The fourth-order valence-corrected chi connectivity index (χ4v) is 3.95. The Hall–Kier alpha value is -3.13. The van der Waals surface area contributed by atoms with Crippen molar-refractivity contribution in [3.05, 3.63) is 71.5 Å². The van der Waals surface area contributed by atoms with Gasteiger partial charge in [0.2, 0.25) is 0 Å². The van der Waals surface area contributed by atoms with Gasteiger partial charge in [-0.3, -0.25) is 9.52 Å². The number of hydrogen-bond donors (Lipinski definition) is 2. The molecule has 0 aliphatic rings. The number of hydrogen-bond acceptors (Lipinski definition) is 4. The zero-order chi connectivity index (χ0) is 18.9. The second kappa shape index (κ2) is 6.64. The average Bonchev–Trinajstić information content (AvgIpc) is 3.04. The maximum atomic E-state index is 12.8. The highest BCUT2D eigenvalue weighted by atomic mass is 32.2. The van der Waals surface area contributed by atoms with Crippen LogP contribution in [0.4, 0.5) is 5.69 Å². The molecule has 0 bridgehead atoms. The van der Waals surface area contributed by atoms with E-state index in [-0.39, 0.29) is 10.6 Å². The van der Waals surface area contributed by atoms with Gasteiger partial charge in [-0.2, -0.15) is 5.10 Å². The van der Waals surface area contributed by atoms with Gasteiger partial charge in [-0.1, -0.05) is 29.8 Å². The topological polar surface area (TPSA) is 107 Å². The molecule has 0 fully saturated rings. The molecule has 3 aromatic rings. The minimum atomic E-state index is -3.78. The third-order valence-electron chi connectivity index (χ3n) is 3.86. The zero-order valence-corrected chi connectivity index (χ0v) is 15.1. The van der Waals surface area contributed by atoms with E-state index in [9.17, 15) is 13.2 Å². The number of sulfonamides is 1. The molecule has 3 rings (SSSR count). The molecule has 0 saturated carbocycles. The molecule has 134 valence electrons. The van der Waals surface area contributed by atoms with Crippen molar-refractivity contribution in [2.45, 2.75) is 18.7 Å². The summed E-state index contributed by atoms with van der Waals surface area (Å²) in [6.07, 6.45) is 1.55. The van der Waals surface area contributed by atoms with Gasteiger partial charge < -0.3 is 5.73 Å². The molecule has 8 heteroatoms. The molecule has 0 aliphatic heterocycles. The van der Waals surface area contributed by atoms with E-state index in [0.29, 0.717) is 16.9 Å². The van der Waals surface area contributed by atoms with E-state index < -0.39 is 15.9 Å². The molecule has 1 amide bonds. The second-order valence-corrected chi connectivity index (χ2v) is 7.55. The quantitative estimate of drug-likeness (QED) is 0.719. The van der Waals surface area contributed by atoms with Gasteiger partial charge in [0, 0.05) is 6.20 Å². The number of anilines is 1. The molecular formula is C18H18N4O3S. The van der Waals surface area contributed by atoms with E-state index in [1.807, 2.05) is 13.0 Å². The van der Waals surface area contributed by atoms with Crippen LogP contribution in [0.25, 0.3) is 5.69 Å². The van der Waals surface area contributed by atoms with Crippen LogP contribution >= 0.6 is 0 Å². The lowest BCUT2D eigenvalue weighted by molar-refractivity contribution is 0.0995. The molecule has 0 atom stereocenters. The number of amides is 1. The third-order valence-corrected chi connectivity index (χ3v) is 5.38. The van der Waals surface area contributed by atoms with Crippen LogP contribution in [0.5, 0.6) is 0 Å². The van der Waals surface area contributed by atoms with Crippen LogP contribution in [-0.4, -0.2) is 24.1 Å². The Balaban J connectivity index is 2.01. The van der Waals surface area contributed by atoms with E-state index >= 15 is 0 Å². The molecule has 26 heavy (non-hydrogen) atoms. The van der Waals surface area contributed by atoms with Crippen molar-refractivity contribution in [1.82, 2.24) is 9.78 Å². The lowest BCUT2D eigenvalue weighted by Crippen LogP contribution is -2.16. The normalized spacial score (nSPS) is 11.3. The van der Waals surface area contributed by atoms with Crippen LogP contribution in [0.15, 0.2) is 59.6 Å². The van der Waals surface area contributed by atoms with Crippen molar-refractivity contribution in [2.75, 3.05) is 4.72 Å². The van der Waals surface area contributed by atoms with Gasteiger partial charge in [-0.05, 0) is 43.7 Å². The minimum absolute atomic E-state index is 0.0945. The monoisotopic (exact) mass is 370 g/mol. The predicted molar refractivity (Wildman–Crippen MR) is 98.8 cm³/mol. The number of nitrogens with two attached hydrogens (primary N) is 1.